The number of furan rings is 1. The average Bonchev–Trinajstić information content (AvgIpc) is 3.83. The number of nitrogens with zero attached hydrogens (tertiary/aromatic N) is 1. The molecule has 0 aliphatic carbocycles. The van der Waals surface area contributed by atoms with E-state index in [-0.39, 0.29) is 6.71 Å². The molecule has 0 bridgehead atoms. The fourth-order valence-electron chi connectivity index (χ4n) is 11.8. The Morgan fingerprint density at radius 2 is 0.833 bits per heavy atom. The quantitative estimate of drug-likeness (QED) is 0.154. The van der Waals surface area contributed by atoms with Crippen molar-refractivity contribution in [3.8, 4) is 55.6 Å². The van der Waals surface area contributed by atoms with E-state index < -0.39 is 20.9 Å². The van der Waals surface area contributed by atoms with Crippen molar-refractivity contribution in [3.63, 3.8) is 0 Å². The van der Waals surface area contributed by atoms with E-state index >= 15 is 0 Å². The molecule has 0 radical (unpaired) electrons. The number of benzene rings is 12. The van der Waals surface area contributed by atoms with E-state index in [2.05, 4.69) is 260 Å². The molecule has 2 nitrogen and oxygen atoms in total. The van der Waals surface area contributed by atoms with Crippen molar-refractivity contribution in [2.24, 2.45) is 0 Å². The van der Waals surface area contributed by atoms with Crippen molar-refractivity contribution in [3.05, 3.63) is 255 Å². The summed E-state index contributed by atoms with van der Waals surface area (Å²) in [5.74, 6) is 0. The maximum absolute atomic E-state index is 6.59. The molecule has 0 spiro atoms. The first kappa shape index (κ1) is 41.4. The molecule has 2 aliphatic heterocycles. The Kier molecular flexibility index (Phi) is 9.55. The first-order valence-electron chi connectivity index (χ1n) is 24.8. The minimum atomic E-state index is -0.917. The summed E-state index contributed by atoms with van der Waals surface area (Å²) < 4.78 is 9.56. The second-order valence-electron chi connectivity index (χ2n) is 19.1. The van der Waals surface area contributed by atoms with E-state index in [0.29, 0.717) is 0 Å². The Morgan fingerprint density at radius 1 is 0.319 bits per heavy atom. The summed E-state index contributed by atoms with van der Waals surface area (Å²) in [6.07, 6.45) is 0. The van der Waals surface area contributed by atoms with Gasteiger partial charge in [-0.1, -0.05) is 0 Å². The van der Waals surface area contributed by atoms with Gasteiger partial charge in [-0.3, -0.25) is 0 Å². The van der Waals surface area contributed by atoms with Crippen LogP contribution in [0.5, 0.6) is 0 Å². The number of hydrogen-bond donors (Lipinski definition) is 0. The molecule has 0 unspecified atom stereocenters. The van der Waals surface area contributed by atoms with Crippen LogP contribution in [0.15, 0.2) is 259 Å². The van der Waals surface area contributed by atoms with Gasteiger partial charge in [-0.05, 0) is 0 Å². The number of hydrogen-bond acceptors (Lipinski definition) is 2. The molecule has 4 heteroatoms. The molecule has 0 N–H and O–H groups in total. The molecule has 2 aliphatic rings. The third-order valence-electron chi connectivity index (χ3n) is 15.1. The maximum atomic E-state index is 6.59. The second-order valence-corrected chi connectivity index (χ2v) is 22.2. The van der Waals surface area contributed by atoms with Gasteiger partial charge >= 0.3 is 432 Å². The van der Waals surface area contributed by atoms with Crippen LogP contribution in [0, 0.1) is 0 Å². The Morgan fingerprint density at radius 3 is 1.53 bits per heavy atom. The number of fused-ring (bicyclic) bond motifs is 9. The van der Waals surface area contributed by atoms with E-state index in [1.165, 1.54) is 112 Å². The van der Waals surface area contributed by atoms with Crippen molar-refractivity contribution in [1.82, 2.24) is 0 Å². The first-order chi connectivity index (χ1) is 35.7. The normalized spacial score (nSPS) is 12.6. The molecule has 0 saturated heterocycles. The Bertz CT molecular complexity index is 4260. The van der Waals surface area contributed by atoms with Crippen LogP contribution in [0.25, 0.3) is 99.1 Å². The van der Waals surface area contributed by atoms with Gasteiger partial charge in [0.25, 0.3) is 0 Å². The number of para-hydroxylation sites is 2. The van der Waals surface area contributed by atoms with E-state index in [0.717, 1.165) is 27.5 Å². The summed E-state index contributed by atoms with van der Waals surface area (Å²) in [5.41, 5.74) is 21.6. The van der Waals surface area contributed by atoms with E-state index in [1.54, 1.807) is 0 Å². The van der Waals surface area contributed by atoms with Gasteiger partial charge in [-0.15, -0.1) is 0 Å². The van der Waals surface area contributed by atoms with Crippen molar-refractivity contribution >= 4 is 112 Å². The molecule has 0 atom stereocenters. The van der Waals surface area contributed by atoms with Gasteiger partial charge < -0.3 is 0 Å². The summed E-state index contributed by atoms with van der Waals surface area (Å²) in [7, 11) is 0. The predicted octanol–water partition coefficient (Wildman–Crippen LogP) is 14.5. The van der Waals surface area contributed by atoms with Crippen molar-refractivity contribution in [2.75, 3.05) is 4.90 Å². The van der Waals surface area contributed by atoms with Crippen LogP contribution in [-0.4, -0.2) is 27.6 Å². The monoisotopic (exact) mass is 1030 g/mol. The van der Waals surface area contributed by atoms with Crippen LogP contribution >= 0.6 is 0 Å². The van der Waals surface area contributed by atoms with E-state index in [9.17, 15) is 0 Å². The molecular formula is C68H42BNOTe. The van der Waals surface area contributed by atoms with Gasteiger partial charge in [0.15, 0.2) is 0 Å². The molecular weight excluding hydrogens is 985 g/mol. The van der Waals surface area contributed by atoms with Gasteiger partial charge in [0.05, 0.1) is 0 Å². The molecule has 3 heterocycles. The Labute approximate surface area is 428 Å². The molecule has 0 amide bonds. The summed E-state index contributed by atoms with van der Waals surface area (Å²) in [4.78, 5) is 2.66. The van der Waals surface area contributed by atoms with Crippen LogP contribution < -0.4 is 28.5 Å². The van der Waals surface area contributed by atoms with Crippen LogP contribution in [0.2, 0.25) is 0 Å². The van der Waals surface area contributed by atoms with Crippen molar-refractivity contribution in [1.29, 1.82) is 0 Å². The topological polar surface area (TPSA) is 16.4 Å². The van der Waals surface area contributed by atoms with Gasteiger partial charge in [-0.25, -0.2) is 0 Å². The fraction of sp³-hybridized carbons (Fsp3) is 0. The predicted molar refractivity (Wildman–Crippen MR) is 307 cm³/mol. The molecule has 334 valence electrons. The van der Waals surface area contributed by atoms with E-state index in [4.69, 9.17) is 4.42 Å². The van der Waals surface area contributed by atoms with Gasteiger partial charge in [0.1, 0.15) is 0 Å². The van der Waals surface area contributed by atoms with Crippen LogP contribution in [0.3, 0.4) is 0 Å². The minimum absolute atomic E-state index is 0.0224. The average molecular weight is 1030 g/mol. The zero-order chi connectivity index (χ0) is 47.3. The van der Waals surface area contributed by atoms with Crippen LogP contribution in [0.4, 0.5) is 17.1 Å². The molecule has 0 fully saturated rings. The first-order valence-corrected chi connectivity index (χ1v) is 27.1. The third-order valence-corrected chi connectivity index (χ3v) is 18.3. The molecule has 15 rings (SSSR count). The summed E-state index contributed by atoms with van der Waals surface area (Å²) >= 11 is -0.917. The van der Waals surface area contributed by atoms with E-state index in [1.807, 2.05) is 0 Å². The summed E-state index contributed by atoms with van der Waals surface area (Å²) in [6, 6.07) is 94.9. The van der Waals surface area contributed by atoms with Gasteiger partial charge in [-0.2, -0.15) is 0 Å². The van der Waals surface area contributed by atoms with Gasteiger partial charge in [0.2, 0.25) is 0 Å². The number of anilines is 3. The SMILES string of the molecule is c1ccc(-c2cccc(-c3ccccc3)c2N2c3cc(-c4cccc5ccccc45)ccc3B3c4ccc(-c5cccc6ccccc56)cc4[Te]c4cc(-c5ccc6c(c5)oc5ccccc56)cc2c43)cc1. The van der Waals surface area contributed by atoms with Crippen molar-refractivity contribution < 1.29 is 4.42 Å². The van der Waals surface area contributed by atoms with Crippen molar-refractivity contribution in [2.45, 2.75) is 0 Å². The standard InChI is InChI=1S/C68H42BNOTe/c1-3-16-45(17-4-1)55-29-15-30-56(46-18-5-2-6-19-46)68(55)70-61-38-48(53-27-13-22-43-20-7-9-24-51(43)53)33-36-59(61)69-60-37-34-49(54-28-14-23-44-21-8-10-25-52(44)54)41-65(60)72-66-42-50(39-62(70)67(66)69)47-32-35-58-57-26-11-12-31-63(57)71-64(58)40-47/h1-42H. The molecule has 72 heavy (non-hydrogen) atoms. The zero-order valence-electron chi connectivity index (χ0n) is 39.1. The summed E-state index contributed by atoms with van der Waals surface area (Å²) in [6.45, 7) is 0.0224. The molecule has 1 aromatic heterocycles. The fourth-order valence-corrected chi connectivity index (χ4v) is 15.4. The van der Waals surface area contributed by atoms with Gasteiger partial charge in [0, 0.05) is 0 Å². The zero-order valence-corrected chi connectivity index (χ0v) is 41.4. The third kappa shape index (κ3) is 6.57. The Balaban J connectivity index is 1.04. The van der Waals surface area contributed by atoms with Crippen LogP contribution in [-0.2, 0) is 0 Å². The molecule has 12 aromatic carbocycles. The van der Waals surface area contributed by atoms with Crippen LogP contribution in [0.1, 0.15) is 0 Å². The Hall–Kier alpha value is -8.39. The summed E-state index contributed by atoms with van der Waals surface area (Å²) in [5, 5.41) is 7.31. The number of rotatable bonds is 6. The molecule has 0 saturated carbocycles. The second kappa shape index (κ2) is 16.6. The molecule has 13 aromatic rings.